The van der Waals surface area contributed by atoms with Gasteiger partial charge in [-0.3, -0.25) is 0 Å². The third kappa shape index (κ3) is 3.72. The van der Waals surface area contributed by atoms with E-state index in [9.17, 15) is 4.79 Å². The third-order valence-corrected chi connectivity index (χ3v) is 8.17. The Kier molecular flexibility index (Phi) is 5.23. The van der Waals surface area contributed by atoms with Gasteiger partial charge in [-0.1, -0.05) is 36.9 Å². The first-order valence-electron chi connectivity index (χ1n) is 11.9. The summed E-state index contributed by atoms with van der Waals surface area (Å²) in [4.78, 5) is 17.2. The molecule has 5 heteroatoms. The number of piperidine rings is 2. The van der Waals surface area contributed by atoms with Crippen LogP contribution in [0, 0.1) is 11.3 Å². The largest absolute Gasteiger partial charge is 0.388 e. The van der Waals surface area contributed by atoms with E-state index >= 15 is 0 Å². The maximum atomic E-state index is 13.1. The minimum Gasteiger partial charge on any atom is -0.388 e. The number of amides is 2. The molecule has 31 heavy (non-hydrogen) atoms. The average molecular weight is 421 g/mol. The lowest BCUT2D eigenvalue weighted by molar-refractivity contribution is -0.0568. The molecule has 0 radical (unpaired) electrons. The standard InChI is InChI=1S/C26H36N4O/c1-4-23(27-3)20-9-7-19(8-10-20)22-13-26(14-22)16-30(17-26)25(31)29-12-11-21-6-5-18(2)28-24(21)15-29/h4,7-10,21-22,24,27-28H,2,5-6,11-17H2,1,3H3/b23-4-. The Morgan fingerprint density at radius 2 is 1.94 bits per heavy atom. The van der Waals surface area contributed by atoms with Gasteiger partial charge in [0.25, 0.3) is 0 Å². The van der Waals surface area contributed by atoms with Gasteiger partial charge in [-0.25, -0.2) is 4.79 Å². The fraction of sp³-hybridized carbons (Fsp3) is 0.577. The van der Waals surface area contributed by atoms with Crippen LogP contribution in [0.2, 0.25) is 0 Å². The molecule has 3 saturated heterocycles. The Balaban J connectivity index is 1.12. The number of carbonyl (C=O) groups is 1. The molecule has 5 nitrogen and oxygen atoms in total. The monoisotopic (exact) mass is 420 g/mol. The predicted molar refractivity (Wildman–Crippen MR) is 126 cm³/mol. The van der Waals surface area contributed by atoms with E-state index in [4.69, 9.17) is 0 Å². The molecule has 3 heterocycles. The first kappa shape index (κ1) is 20.5. The summed E-state index contributed by atoms with van der Waals surface area (Å²) < 4.78 is 0. The van der Waals surface area contributed by atoms with E-state index in [0.29, 0.717) is 23.3 Å². The number of hydrogen-bond acceptors (Lipinski definition) is 3. The average Bonchev–Trinajstić information content (AvgIpc) is 2.73. The molecule has 1 aromatic carbocycles. The topological polar surface area (TPSA) is 47.6 Å². The minimum atomic E-state index is 0.251. The fourth-order valence-electron chi connectivity index (χ4n) is 6.35. The Morgan fingerprint density at radius 1 is 1.19 bits per heavy atom. The number of hydrogen-bond donors (Lipinski definition) is 2. The van der Waals surface area contributed by atoms with E-state index < -0.39 is 0 Å². The van der Waals surface area contributed by atoms with Crippen molar-refractivity contribution in [2.75, 3.05) is 33.2 Å². The molecule has 4 aliphatic rings. The van der Waals surface area contributed by atoms with Crippen LogP contribution in [-0.4, -0.2) is 55.1 Å². The molecule has 0 bridgehead atoms. The number of fused-ring (bicyclic) bond motifs is 1. The summed E-state index contributed by atoms with van der Waals surface area (Å²) in [5.41, 5.74) is 5.36. The highest BCUT2D eigenvalue weighted by molar-refractivity contribution is 5.76. The van der Waals surface area contributed by atoms with Crippen molar-refractivity contribution >= 4 is 11.7 Å². The van der Waals surface area contributed by atoms with Crippen LogP contribution in [0.15, 0.2) is 42.6 Å². The van der Waals surface area contributed by atoms with Crippen LogP contribution in [0.25, 0.3) is 5.70 Å². The van der Waals surface area contributed by atoms with E-state index in [-0.39, 0.29) is 6.03 Å². The van der Waals surface area contributed by atoms with E-state index in [0.717, 1.165) is 44.7 Å². The first-order valence-corrected chi connectivity index (χ1v) is 11.9. The summed E-state index contributed by atoms with van der Waals surface area (Å²) in [6.45, 7) is 9.78. The van der Waals surface area contributed by atoms with Crippen LogP contribution in [0.5, 0.6) is 0 Å². The molecule has 1 spiro atoms. The molecule has 5 rings (SSSR count). The summed E-state index contributed by atoms with van der Waals surface area (Å²) in [5.74, 6) is 1.34. The van der Waals surface area contributed by atoms with Crippen molar-refractivity contribution in [1.29, 1.82) is 0 Å². The molecule has 166 valence electrons. The molecule has 2 amide bonds. The van der Waals surface area contributed by atoms with Crippen molar-refractivity contribution in [1.82, 2.24) is 20.4 Å². The molecular weight excluding hydrogens is 384 g/mol. The van der Waals surface area contributed by atoms with Crippen LogP contribution in [0.1, 0.15) is 56.1 Å². The van der Waals surface area contributed by atoms with E-state index in [1.165, 1.54) is 36.1 Å². The van der Waals surface area contributed by atoms with E-state index in [1.807, 2.05) is 7.05 Å². The number of benzene rings is 1. The highest BCUT2D eigenvalue weighted by Crippen LogP contribution is 2.56. The molecule has 1 saturated carbocycles. The maximum Gasteiger partial charge on any atom is 0.320 e. The zero-order valence-electron chi connectivity index (χ0n) is 19.0. The number of carbonyl (C=O) groups excluding carboxylic acids is 1. The molecule has 1 aliphatic carbocycles. The van der Waals surface area contributed by atoms with Crippen molar-refractivity contribution < 1.29 is 4.79 Å². The molecule has 3 aliphatic heterocycles. The molecular formula is C26H36N4O. The van der Waals surface area contributed by atoms with Gasteiger partial charge in [-0.05, 0) is 62.0 Å². The van der Waals surface area contributed by atoms with Gasteiger partial charge >= 0.3 is 6.03 Å². The third-order valence-electron chi connectivity index (χ3n) is 8.17. The van der Waals surface area contributed by atoms with Gasteiger partial charge < -0.3 is 20.4 Å². The maximum absolute atomic E-state index is 13.1. The smallest absolute Gasteiger partial charge is 0.320 e. The van der Waals surface area contributed by atoms with E-state index in [1.54, 1.807) is 0 Å². The van der Waals surface area contributed by atoms with Gasteiger partial charge in [0.05, 0.1) is 0 Å². The molecule has 2 N–H and O–H groups in total. The van der Waals surface area contributed by atoms with Crippen molar-refractivity contribution in [3.8, 4) is 0 Å². The highest BCUT2D eigenvalue weighted by Gasteiger charge is 2.54. The first-order chi connectivity index (χ1) is 15.0. The van der Waals surface area contributed by atoms with Crippen LogP contribution in [-0.2, 0) is 0 Å². The number of nitrogens with one attached hydrogen (secondary N) is 2. The molecule has 0 aromatic heterocycles. The lowest BCUT2D eigenvalue weighted by atomic mass is 9.56. The summed E-state index contributed by atoms with van der Waals surface area (Å²) in [6, 6.07) is 9.66. The second kappa shape index (κ2) is 7.92. The number of likely N-dealkylation sites (tertiary alicyclic amines) is 2. The Labute approximate surface area is 186 Å². The second-order valence-electron chi connectivity index (χ2n) is 10.2. The van der Waals surface area contributed by atoms with Crippen LogP contribution in [0.3, 0.4) is 0 Å². The molecule has 2 atom stereocenters. The Hall–Kier alpha value is -2.43. The Bertz CT molecular complexity index is 875. The van der Waals surface area contributed by atoms with Crippen molar-refractivity contribution in [3.63, 3.8) is 0 Å². The lowest BCUT2D eigenvalue weighted by Gasteiger charge is -2.60. The molecule has 2 unspecified atom stereocenters. The Morgan fingerprint density at radius 3 is 2.61 bits per heavy atom. The lowest BCUT2D eigenvalue weighted by Crippen LogP contribution is -2.66. The van der Waals surface area contributed by atoms with Crippen LogP contribution >= 0.6 is 0 Å². The summed E-state index contributed by atoms with van der Waals surface area (Å²) in [5, 5.41) is 6.79. The van der Waals surface area contributed by atoms with Gasteiger partial charge in [-0.2, -0.15) is 0 Å². The van der Waals surface area contributed by atoms with Gasteiger partial charge in [0.1, 0.15) is 0 Å². The summed E-state index contributed by atoms with van der Waals surface area (Å²) >= 11 is 0. The number of rotatable bonds is 3. The van der Waals surface area contributed by atoms with Crippen LogP contribution in [0.4, 0.5) is 4.79 Å². The van der Waals surface area contributed by atoms with Crippen molar-refractivity contribution in [2.45, 2.75) is 51.0 Å². The van der Waals surface area contributed by atoms with Gasteiger partial charge in [0.2, 0.25) is 0 Å². The van der Waals surface area contributed by atoms with E-state index in [2.05, 4.69) is 64.3 Å². The normalized spacial score (nSPS) is 27.8. The van der Waals surface area contributed by atoms with Crippen molar-refractivity contribution in [2.24, 2.45) is 11.3 Å². The number of urea groups is 1. The van der Waals surface area contributed by atoms with Gasteiger partial charge in [0.15, 0.2) is 0 Å². The quantitative estimate of drug-likeness (QED) is 0.772. The number of nitrogens with zero attached hydrogens (tertiary/aromatic N) is 2. The van der Waals surface area contributed by atoms with Gasteiger partial charge in [0, 0.05) is 56.1 Å². The van der Waals surface area contributed by atoms with Crippen LogP contribution < -0.4 is 10.6 Å². The highest BCUT2D eigenvalue weighted by atomic mass is 16.2. The summed E-state index contributed by atoms with van der Waals surface area (Å²) in [7, 11) is 1.97. The minimum absolute atomic E-state index is 0.251. The molecule has 4 fully saturated rings. The predicted octanol–water partition coefficient (Wildman–Crippen LogP) is 4.15. The fourth-order valence-corrected chi connectivity index (χ4v) is 6.35. The zero-order valence-corrected chi connectivity index (χ0v) is 19.0. The zero-order chi connectivity index (χ0) is 21.6. The van der Waals surface area contributed by atoms with Crippen molar-refractivity contribution in [3.05, 3.63) is 53.7 Å². The molecule has 1 aromatic rings. The summed E-state index contributed by atoms with van der Waals surface area (Å²) in [6.07, 6.45) is 7.96. The SMILES string of the molecule is C=C1CCC2CCN(C(=O)N3CC4(CC(c5ccc(/C(=C/C)NC)cc5)C4)C3)CC2N1. The second-order valence-corrected chi connectivity index (χ2v) is 10.2. The number of allylic oxidation sites excluding steroid dienone is 2. The van der Waals surface area contributed by atoms with Gasteiger partial charge in [-0.15, -0.1) is 0 Å².